The Morgan fingerprint density at radius 2 is 1.91 bits per heavy atom. The molecule has 1 aliphatic heterocycles. The summed E-state index contributed by atoms with van der Waals surface area (Å²) < 4.78 is 27.0. The highest BCUT2D eigenvalue weighted by molar-refractivity contribution is 7.90. The molecule has 1 aliphatic carbocycles. The van der Waals surface area contributed by atoms with E-state index >= 15 is 0 Å². The smallest absolute Gasteiger partial charge is 0.259 e. The maximum Gasteiger partial charge on any atom is 0.259 e. The van der Waals surface area contributed by atoms with Crippen molar-refractivity contribution < 1.29 is 27.9 Å². The van der Waals surface area contributed by atoms with Gasteiger partial charge in [-0.2, -0.15) is 0 Å². The number of hydrogen-bond donors (Lipinski definition) is 3. The van der Waals surface area contributed by atoms with E-state index in [1.165, 1.54) is 4.90 Å². The number of sulfonamides is 1. The largest absolute Gasteiger partial charge is 0.391 e. The minimum absolute atomic E-state index is 0.0484. The Kier molecular flexibility index (Phi) is 8.96. The number of aliphatic hydroxyl groups excluding tert-OH is 1. The van der Waals surface area contributed by atoms with Gasteiger partial charge in [-0.3, -0.25) is 19.1 Å². The van der Waals surface area contributed by atoms with Gasteiger partial charge < -0.3 is 15.3 Å². The molecular formula is C24H41N3O6S. The Morgan fingerprint density at radius 3 is 2.44 bits per heavy atom. The molecule has 0 aromatic heterocycles. The van der Waals surface area contributed by atoms with Crippen LogP contribution in [0.5, 0.6) is 0 Å². The van der Waals surface area contributed by atoms with E-state index in [1.54, 1.807) is 13.0 Å². The molecule has 2 rings (SSSR count). The lowest BCUT2D eigenvalue weighted by atomic mass is 9.81. The van der Waals surface area contributed by atoms with E-state index in [1.807, 2.05) is 27.7 Å². The van der Waals surface area contributed by atoms with Gasteiger partial charge in [-0.25, -0.2) is 8.42 Å². The lowest BCUT2D eigenvalue weighted by Gasteiger charge is -2.33. The van der Waals surface area contributed by atoms with E-state index in [0.717, 1.165) is 0 Å². The Morgan fingerprint density at radius 1 is 1.26 bits per heavy atom. The summed E-state index contributed by atoms with van der Waals surface area (Å²) in [7, 11) is -3.84. The van der Waals surface area contributed by atoms with Gasteiger partial charge in [0.1, 0.15) is 11.6 Å². The molecule has 1 saturated heterocycles. The number of unbranched alkanes of at least 4 members (excludes halogenated alkanes) is 2. The van der Waals surface area contributed by atoms with Crippen molar-refractivity contribution >= 4 is 27.7 Å². The zero-order valence-electron chi connectivity index (χ0n) is 21.1. The van der Waals surface area contributed by atoms with Crippen LogP contribution in [0, 0.1) is 17.3 Å². The summed E-state index contributed by atoms with van der Waals surface area (Å²) in [6, 6.07) is -0.911. The third-order valence-electron chi connectivity index (χ3n) is 7.20. The Hall–Kier alpha value is -1.94. The standard InChI is InChI=1S/C24H41N3O6S/c1-7-9-10-11-12-34(32,33)26-22(31)24(14-17(24)8-2)25-20(29)19-13-18(28)15-27(19)21(30)16(3)23(4,5)6/h7,16-19,28H,1,8-15H2,2-6H3,(H,25,29)(H,26,31)/t16-,17-,18-,19+,24-/m1/s1. The first kappa shape index (κ1) is 28.3. The molecule has 0 aromatic rings. The predicted octanol–water partition coefficient (Wildman–Crippen LogP) is 1.72. The second kappa shape index (κ2) is 10.8. The van der Waals surface area contributed by atoms with E-state index < -0.39 is 39.5 Å². The summed E-state index contributed by atoms with van der Waals surface area (Å²) in [6.07, 6.45) is 3.60. The quantitative estimate of drug-likeness (QED) is 0.293. The molecule has 194 valence electrons. The Labute approximate surface area is 203 Å². The van der Waals surface area contributed by atoms with Crippen LogP contribution in [0.15, 0.2) is 12.7 Å². The second-order valence-electron chi connectivity index (χ2n) is 10.8. The van der Waals surface area contributed by atoms with E-state index in [-0.39, 0.29) is 41.9 Å². The number of allylic oxidation sites excluding steroid dienone is 1. The van der Waals surface area contributed by atoms with E-state index in [9.17, 15) is 27.9 Å². The highest BCUT2D eigenvalue weighted by atomic mass is 32.2. The molecule has 1 saturated carbocycles. The highest BCUT2D eigenvalue weighted by Gasteiger charge is 2.61. The SMILES string of the molecule is C=CCCCCS(=O)(=O)NC(=O)[C@@]1(NC(=O)[C@@H]2C[C@@H](O)CN2C(=O)[C@@H](C)C(C)(C)C)C[C@H]1CC. The van der Waals surface area contributed by atoms with Crippen LogP contribution in [-0.4, -0.2) is 66.1 Å². The van der Waals surface area contributed by atoms with Crippen LogP contribution in [0.4, 0.5) is 0 Å². The Balaban J connectivity index is 2.13. The highest BCUT2D eigenvalue weighted by Crippen LogP contribution is 2.46. The van der Waals surface area contributed by atoms with Crippen LogP contribution >= 0.6 is 0 Å². The summed E-state index contributed by atoms with van der Waals surface area (Å²) >= 11 is 0. The minimum atomic E-state index is -3.84. The van der Waals surface area contributed by atoms with E-state index in [0.29, 0.717) is 32.1 Å². The van der Waals surface area contributed by atoms with Gasteiger partial charge in [-0.15, -0.1) is 6.58 Å². The van der Waals surface area contributed by atoms with Crippen molar-refractivity contribution in [3.05, 3.63) is 12.7 Å². The zero-order chi connectivity index (χ0) is 25.9. The summed E-state index contributed by atoms with van der Waals surface area (Å²) in [5.41, 5.74) is -1.64. The molecule has 3 N–H and O–H groups in total. The van der Waals surface area contributed by atoms with Crippen molar-refractivity contribution in [2.45, 2.75) is 90.8 Å². The van der Waals surface area contributed by atoms with Gasteiger partial charge in [0.05, 0.1) is 11.9 Å². The number of aliphatic hydroxyl groups is 1. The maximum atomic E-state index is 13.3. The lowest BCUT2D eigenvalue weighted by molar-refractivity contribution is -0.144. The molecule has 0 radical (unpaired) electrons. The molecule has 9 nitrogen and oxygen atoms in total. The van der Waals surface area contributed by atoms with E-state index in [2.05, 4.69) is 16.6 Å². The lowest BCUT2D eigenvalue weighted by Crippen LogP contribution is -2.57. The van der Waals surface area contributed by atoms with Crippen LogP contribution < -0.4 is 10.0 Å². The summed E-state index contributed by atoms with van der Waals surface area (Å²) in [4.78, 5) is 40.8. The van der Waals surface area contributed by atoms with Crippen LogP contribution in [0.25, 0.3) is 0 Å². The van der Waals surface area contributed by atoms with Crippen molar-refractivity contribution in [3.63, 3.8) is 0 Å². The molecule has 0 spiro atoms. The molecule has 2 fully saturated rings. The van der Waals surface area contributed by atoms with Gasteiger partial charge in [-0.1, -0.05) is 47.1 Å². The molecule has 0 aromatic carbocycles. The summed E-state index contributed by atoms with van der Waals surface area (Å²) in [6.45, 7) is 13.1. The normalized spacial score (nSPS) is 27.7. The van der Waals surface area contributed by atoms with Crippen molar-refractivity contribution in [1.29, 1.82) is 0 Å². The molecule has 1 heterocycles. The number of likely N-dealkylation sites (tertiary alicyclic amines) is 1. The monoisotopic (exact) mass is 499 g/mol. The average Bonchev–Trinajstić information content (AvgIpc) is 3.32. The molecule has 3 amide bonds. The first-order valence-corrected chi connectivity index (χ1v) is 13.8. The molecule has 34 heavy (non-hydrogen) atoms. The van der Waals surface area contributed by atoms with Crippen LogP contribution in [0.2, 0.25) is 0 Å². The number of hydrogen-bond acceptors (Lipinski definition) is 6. The van der Waals surface area contributed by atoms with Crippen LogP contribution in [0.3, 0.4) is 0 Å². The van der Waals surface area contributed by atoms with Crippen molar-refractivity contribution in [1.82, 2.24) is 14.9 Å². The molecule has 5 atom stereocenters. The first-order chi connectivity index (χ1) is 15.7. The van der Waals surface area contributed by atoms with Crippen molar-refractivity contribution in [2.75, 3.05) is 12.3 Å². The molecule has 0 bridgehead atoms. The number of amides is 3. The van der Waals surface area contributed by atoms with Gasteiger partial charge in [0, 0.05) is 18.9 Å². The number of nitrogens with one attached hydrogen (secondary N) is 2. The summed E-state index contributed by atoms with van der Waals surface area (Å²) in [5, 5.41) is 13.0. The van der Waals surface area contributed by atoms with Gasteiger partial charge >= 0.3 is 0 Å². The van der Waals surface area contributed by atoms with Crippen molar-refractivity contribution in [2.24, 2.45) is 17.3 Å². The average molecular weight is 500 g/mol. The zero-order valence-corrected chi connectivity index (χ0v) is 21.9. The third-order valence-corrected chi connectivity index (χ3v) is 8.53. The van der Waals surface area contributed by atoms with Crippen LogP contribution in [0.1, 0.15) is 73.1 Å². The fourth-order valence-electron chi connectivity index (χ4n) is 4.40. The topological polar surface area (TPSA) is 133 Å². The number of carbonyl (C=O) groups excluding carboxylic acids is 3. The van der Waals surface area contributed by atoms with Gasteiger partial charge in [-0.05, 0) is 37.0 Å². The van der Waals surface area contributed by atoms with Crippen molar-refractivity contribution in [3.8, 4) is 0 Å². The fourth-order valence-corrected chi connectivity index (χ4v) is 5.55. The van der Waals surface area contributed by atoms with Gasteiger partial charge in [0.2, 0.25) is 21.8 Å². The minimum Gasteiger partial charge on any atom is -0.391 e. The second-order valence-corrected chi connectivity index (χ2v) is 12.6. The van der Waals surface area contributed by atoms with E-state index in [4.69, 9.17) is 0 Å². The molecule has 2 aliphatic rings. The fraction of sp³-hybridized carbons (Fsp3) is 0.792. The predicted molar refractivity (Wildman–Crippen MR) is 130 cm³/mol. The van der Waals surface area contributed by atoms with Crippen LogP contribution in [-0.2, 0) is 24.4 Å². The number of β-amino-alcohol motifs (C(OH)–C–C–N with tert-alkyl or cyclic N) is 1. The van der Waals surface area contributed by atoms with Gasteiger partial charge in [0.25, 0.3) is 5.91 Å². The number of nitrogens with zero attached hydrogens (tertiary/aromatic N) is 1. The maximum absolute atomic E-state index is 13.3. The molecule has 0 unspecified atom stereocenters. The molecular weight excluding hydrogens is 458 g/mol. The summed E-state index contributed by atoms with van der Waals surface area (Å²) in [5.74, 6) is -2.27. The number of rotatable bonds is 11. The third kappa shape index (κ3) is 6.59. The Bertz CT molecular complexity index is 897. The number of carbonyl (C=O) groups is 3. The molecule has 10 heteroatoms. The first-order valence-electron chi connectivity index (χ1n) is 12.1. The van der Waals surface area contributed by atoms with Gasteiger partial charge in [0.15, 0.2) is 0 Å².